The SMILES string of the molecule is N[C@H]1CCCc2ccc(OCc3cncn3C3CC3)cc21. The Labute approximate surface area is 124 Å². The van der Waals surface area contributed by atoms with Crippen molar-refractivity contribution < 1.29 is 4.74 Å². The molecule has 110 valence electrons. The lowest BCUT2D eigenvalue weighted by Crippen LogP contribution is -2.17. The number of imidazole rings is 1. The summed E-state index contributed by atoms with van der Waals surface area (Å²) in [7, 11) is 0. The summed E-state index contributed by atoms with van der Waals surface area (Å²) in [5, 5.41) is 0. The van der Waals surface area contributed by atoms with Crippen LogP contribution in [-0.4, -0.2) is 9.55 Å². The number of aryl methyl sites for hydroxylation is 1. The van der Waals surface area contributed by atoms with Crippen molar-refractivity contribution in [2.75, 3.05) is 0 Å². The quantitative estimate of drug-likeness (QED) is 0.938. The summed E-state index contributed by atoms with van der Waals surface area (Å²) in [5.74, 6) is 0.912. The topological polar surface area (TPSA) is 53.1 Å². The molecule has 2 aliphatic rings. The Balaban J connectivity index is 1.49. The maximum absolute atomic E-state index is 6.21. The van der Waals surface area contributed by atoms with Crippen LogP contribution >= 0.6 is 0 Å². The summed E-state index contributed by atoms with van der Waals surface area (Å²) < 4.78 is 8.21. The lowest BCUT2D eigenvalue weighted by atomic mass is 9.88. The van der Waals surface area contributed by atoms with E-state index in [1.807, 2.05) is 12.5 Å². The van der Waals surface area contributed by atoms with Crippen molar-refractivity contribution in [1.29, 1.82) is 0 Å². The van der Waals surface area contributed by atoms with E-state index >= 15 is 0 Å². The standard InChI is InChI=1S/C17H21N3O/c18-17-3-1-2-12-4-7-15(8-16(12)17)21-10-14-9-19-11-20(14)13-5-6-13/h4,7-9,11,13,17H,1-3,5-6,10,18H2/t17-/m0/s1. The molecule has 0 radical (unpaired) electrons. The van der Waals surface area contributed by atoms with Gasteiger partial charge in [0.2, 0.25) is 0 Å². The molecule has 0 spiro atoms. The van der Waals surface area contributed by atoms with Gasteiger partial charge in [-0.1, -0.05) is 6.07 Å². The van der Waals surface area contributed by atoms with Crippen LogP contribution in [0.4, 0.5) is 0 Å². The van der Waals surface area contributed by atoms with Gasteiger partial charge >= 0.3 is 0 Å². The average molecular weight is 283 g/mol. The zero-order chi connectivity index (χ0) is 14.2. The molecule has 2 N–H and O–H groups in total. The number of benzene rings is 1. The highest BCUT2D eigenvalue weighted by Crippen LogP contribution is 2.36. The maximum atomic E-state index is 6.21. The van der Waals surface area contributed by atoms with Crippen molar-refractivity contribution in [3.63, 3.8) is 0 Å². The minimum atomic E-state index is 0.161. The molecule has 1 aromatic heterocycles. The summed E-state index contributed by atoms with van der Waals surface area (Å²) in [5.41, 5.74) is 10.00. The Morgan fingerprint density at radius 2 is 2.19 bits per heavy atom. The van der Waals surface area contributed by atoms with Crippen LogP contribution in [0, 0.1) is 0 Å². The van der Waals surface area contributed by atoms with Crippen LogP contribution < -0.4 is 10.5 Å². The van der Waals surface area contributed by atoms with E-state index in [2.05, 4.69) is 27.8 Å². The fourth-order valence-electron chi connectivity index (χ4n) is 3.19. The number of nitrogens with zero attached hydrogens (tertiary/aromatic N) is 2. The highest BCUT2D eigenvalue weighted by atomic mass is 16.5. The van der Waals surface area contributed by atoms with Crippen LogP contribution in [0.2, 0.25) is 0 Å². The number of hydrogen-bond acceptors (Lipinski definition) is 3. The lowest BCUT2D eigenvalue weighted by molar-refractivity contribution is 0.294. The lowest BCUT2D eigenvalue weighted by Gasteiger charge is -2.22. The van der Waals surface area contributed by atoms with E-state index in [-0.39, 0.29) is 6.04 Å². The molecule has 1 fully saturated rings. The number of nitrogens with two attached hydrogens (primary N) is 1. The molecule has 1 aromatic carbocycles. The molecule has 0 bridgehead atoms. The molecule has 2 aliphatic carbocycles. The molecule has 1 heterocycles. The van der Waals surface area contributed by atoms with Gasteiger partial charge in [0, 0.05) is 12.1 Å². The Kier molecular flexibility index (Phi) is 3.19. The normalized spacial score (nSPS) is 21.1. The highest BCUT2D eigenvalue weighted by Gasteiger charge is 2.25. The molecule has 0 amide bonds. The van der Waals surface area contributed by atoms with Crippen LogP contribution in [-0.2, 0) is 13.0 Å². The molecule has 4 heteroatoms. The molecule has 0 aliphatic heterocycles. The first kappa shape index (κ1) is 12.9. The smallest absolute Gasteiger partial charge is 0.130 e. The van der Waals surface area contributed by atoms with Gasteiger partial charge in [-0.15, -0.1) is 0 Å². The van der Waals surface area contributed by atoms with Gasteiger partial charge in [0.1, 0.15) is 12.4 Å². The van der Waals surface area contributed by atoms with Crippen LogP contribution in [0.15, 0.2) is 30.7 Å². The van der Waals surface area contributed by atoms with E-state index in [9.17, 15) is 0 Å². The fraction of sp³-hybridized carbons (Fsp3) is 0.471. The molecule has 21 heavy (non-hydrogen) atoms. The van der Waals surface area contributed by atoms with Gasteiger partial charge in [0.05, 0.1) is 18.2 Å². The summed E-state index contributed by atoms with van der Waals surface area (Å²) in [6.07, 6.45) is 9.74. The Morgan fingerprint density at radius 3 is 3.05 bits per heavy atom. The molecular formula is C17H21N3O. The number of aromatic nitrogens is 2. The molecule has 0 saturated heterocycles. The minimum absolute atomic E-state index is 0.161. The van der Waals surface area contributed by atoms with Gasteiger partial charge in [0.15, 0.2) is 0 Å². The van der Waals surface area contributed by atoms with Crippen LogP contribution in [0.5, 0.6) is 5.75 Å². The summed E-state index contributed by atoms with van der Waals surface area (Å²) in [4.78, 5) is 4.24. The van der Waals surface area contributed by atoms with E-state index < -0.39 is 0 Å². The summed E-state index contributed by atoms with van der Waals surface area (Å²) in [6.45, 7) is 0.574. The largest absolute Gasteiger partial charge is 0.487 e. The maximum Gasteiger partial charge on any atom is 0.130 e. The third-order valence-electron chi connectivity index (χ3n) is 4.55. The third kappa shape index (κ3) is 2.56. The Hall–Kier alpha value is -1.81. The monoisotopic (exact) mass is 283 g/mol. The summed E-state index contributed by atoms with van der Waals surface area (Å²) in [6, 6.07) is 7.16. The van der Waals surface area contributed by atoms with Crippen molar-refractivity contribution in [2.24, 2.45) is 5.73 Å². The molecule has 1 saturated carbocycles. The van der Waals surface area contributed by atoms with Crippen molar-refractivity contribution in [3.05, 3.63) is 47.5 Å². The predicted octanol–water partition coefficient (Wildman–Crippen LogP) is 3.13. The van der Waals surface area contributed by atoms with E-state index in [1.54, 1.807) is 0 Å². The second kappa shape index (κ2) is 5.19. The predicted molar refractivity (Wildman–Crippen MR) is 81.1 cm³/mol. The molecule has 0 unspecified atom stereocenters. The first-order valence-corrected chi connectivity index (χ1v) is 7.83. The first-order chi connectivity index (χ1) is 10.3. The zero-order valence-electron chi connectivity index (χ0n) is 12.2. The van der Waals surface area contributed by atoms with E-state index in [0.717, 1.165) is 24.3 Å². The van der Waals surface area contributed by atoms with Gasteiger partial charge in [0.25, 0.3) is 0 Å². The molecular weight excluding hydrogens is 262 g/mol. The molecule has 2 aromatic rings. The number of fused-ring (bicyclic) bond motifs is 1. The second-order valence-corrected chi connectivity index (χ2v) is 6.17. The van der Waals surface area contributed by atoms with Crippen molar-refractivity contribution >= 4 is 0 Å². The van der Waals surface area contributed by atoms with Gasteiger partial charge in [-0.3, -0.25) is 0 Å². The Bertz CT molecular complexity index is 645. The van der Waals surface area contributed by atoms with Gasteiger partial charge in [-0.25, -0.2) is 4.98 Å². The van der Waals surface area contributed by atoms with Crippen molar-refractivity contribution in [2.45, 2.75) is 50.8 Å². The summed E-state index contributed by atoms with van der Waals surface area (Å²) >= 11 is 0. The van der Waals surface area contributed by atoms with Crippen molar-refractivity contribution in [1.82, 2.24) is 9.55 Å². The molecule has 4 rings (SSSR count). The number of ether oxygens (including phenoxy) is 1. The van der Waals surface area contributed by atoms with Gasteiger partial charge in [-0.05, 0) is 55.4 Å². The number of hydrogen-bond donors (Lipinski definition) is 1. The fourth-order valence-corrected chi connectivity index (χ4v) is 3.19. The molecule has 1 atom stereocenters. The van der Waals surface area contributed by atoms with Crippen LogP contribution in [0.1, 0.15) is 54.6 Å². The highest BCUT2D eigenvalue weighted by molar-refractivity contribution is 5.39. The van der Waals surface area contributed by atoms with E-state index in [4.69, 9.17) is 10.5 Å². The number of rotatable bonds is 4. The molecule has 4 nitrogen and oxygen atoms in total. The van der Waals surface area contributed by atoms with E-state index in [1.165, 1.54) is 30.4 Å². The Morgan fingerprint density at radius 1 is 1.29 bits per heavy atom. The zero-order valence-corrected chi connectivity index (χ0v) is 12.2. The first-order valence-electron chi connectivity index (χ1n) is 7.83. The average Bonchev–Trinajstić information content (AvgIpc) is 3.24. The van der Waals surface area contributed by atoms with Crippen molar-refractivity contribution in [3.8, 4) is 5.75 Å². The van der Waals surface area contributed by atoms with Crippen LogP contribution in [0.25, 0.3) is 0 Å². The minimum Gasteiger partial charge on any atom is -0.487 e. The van der Waals surface area contributed by atoms with Gasteiger partial charge < -0.3 is 15.0 Å². The van der Waals surface area contributed by atoms with Crippen LogP contribution in [0.3, 0.4) is 0 Å². The van der Waals surface area contributed by atoms with Gasteiger partial charge in [-0.2, -0.15) is 0 Å². The second-order valence-electron chi connectivity index (χ2n) is 6.17. The van der Waals surface area contributed by atoms with E-state index in [0.29, 0.717) is 12.6 Å². The third-order valence-corrected chi connectivity index (χ3v) is 4.55.